The predicted molar refractivity (Wildman–Crippen MR) is 135 cm³/mol. The fourth-order valence-electron chi connectivity index (χ4n) is 3.93. The lowest BCUT2D eigenvalue weighted by Gasteiger charge is -2.19. The Labute approximate surface area is 199 Å². The lowest BCUT2D eigenvalue weighted by Crippen LogP contribution is -2.32. The number of benzene rings is 3. The summed E-state index contributed by atoms with van der Waals surface area (Å²) in [5.41, 5.74) is 3.94. The zero-order valence-corrected chi connectivity index (χ0v) is 19.9. The highest BCUT2D eigenvalue weighted by Gasteiger charge is 2.42. The molecule has 1 heterocycles. The van der Waals surface area contributed by atoms with Gasteiger partial charge in [-0.1, -0.05) is 24.3 Å². The van der Waals surface area contributed by atoms with Crippen molar-refractivity contribution in [1.29, 1.82) is 0 Å². The molecule has 3 aromatic rings. The molecule has 0 fully saturated rings. The second-order valence-electron chi connectivity index (χ2n) is 8.14. The zero-order valence-electron chi connectivity index (χ0n) is 19.9. The van der Waals surface area contributed by atoms with E-state index in [4.69, 9.17) is 9.47 Å². The molecule has 0 bridgehead atoms. The lowest BCUT2D eigenvalue weighted by atomic mass is 10.0. The first kappa shape index (κ1) is 22.9. The number of carbonyl (C=O) groups is 2. The third kappa shape index (κ3) is 4.08. The van der Waals surface area contributed by atoms with Crippen LogP contribution in [0.5, 0.6) is 11.5 Å². The van der Waals surface area contributed by atoms with E-state index in [1.54, 1.807) is 24.3 Å². The Hall–Kier alpha value is -4.26. The van der Waals surface area contributed by atoms with Gasteiger partial charge in [0.15, 0.2) is 0 Å². The minimum atomic E-state index is -0.466. The first-order valence-corrected chi connectivity index (χ1v) is 10.8. The van der Waals surface area contributed by atoms with Crippen LogP contribution in [0, 0.1) is 6.92 Å². The fourth-order valence-corrected chi connectivity index (χ4v) is 3.93. The van der Waals surface area contributed by atoms with Gasteiger partial charge >= 0.3 is 0 Å². The van der Waals surface area contributed by atoms with Crippen molar-refractivity contribution in [1.82, 2.24) is 0 Å². The lowest BCUT2D eigenvalue weighted by molar-refractivity contribution is -0.120. The second-order valence-corrected chi connectivity index (χ2v) is 8.14. The van der Waals surface area contributed by atoms with Crippen LogP contribution < -0.4 is 24.6 Å². The second kappa shape index (κ2) is 9.31. The van der Waals surface area contributed by atoms with Crippen LogP contribution in [0.3, 0.4) is 0 Å². The topological polar surface area (TPSA) is 71.1 Å². The van der Waals surface area contributed by atoms with Gasteiger partial charge in [0.2, 0.25) is 0 Å². The number of methoxy groups -OCH3 is 2. The summed E-state index contributed by atoms with van der Waals surface area (Å²) < 4.78 is 11.0. The Kier molecular flexibility index (Phi) is 6.27. The Bertz CT molecular complexity index is 1280. The van der Waals surface area contributed by atoms with Gasteiger partial charge in [-0.3, -0.25) is 9.59 Å². The number of imide groups is 1. The van der Waals surface area contributed by atoms with Gasteiger partial charge in [-0.25, -0.2) is 4.90 Å². The molecule has 0 aliphatic carbocycles. The quantitative estimate of drug-likeness (QED) is 0.528. The number of hydrogen-bond donors (Lipinski definition) is 1. The zero-order chi connectivity index (χ0) is 24.4. The molecule has 34 heavy (non-hydrogen) atoms. The van der Waals surface area contributed by atoms with Crippen molar-refractivity contribution >= 4 is 34.4 Å². The highest BCUT2D eigenvalue weighted by Crippen LogP contribution is 2.40. The summed E-state index contributed by atoms with van der Waals surface area (Å²) >= 11 is 0. The van der Waals surface area contributed by atoms with E-state index in [1.165, 1.54) is 14.2 Å². The third-order valence-electron chi connectivity index (χ3n) is 5.69. The maximum absolute atomic E-state index is 13.8. The van der Waals surface area contributed by atoms with Crippen molar-refractivity contribution in [3.63, 3.8) is 0 Å². The van der Waals surface area contributed by atoms with E-state index in [2.05, 4.69) is 5.32 Å². The standard InChI is InChI=1S/C27H27N3O4/c1-17-10-15-23(34-5)21(16-17)30-26(31)24(20-8-6-7-9-22(20)33-4)25(27(30)32)28-18-11-13-19(14-12-18)29(2)3/h6-16,28H,1-5H3. The van der Waals surface area contributed by atoms with Crippen molar-refractivity contribution in [3.8, 4) is 11.5 Å². The molecular formula is C27H27N3O4. The molecule has 1 aliphatic heterocycles. The maximum atomic E-state index is 13.8. The molecule has 4 rings (SSSR count). The molecule has 1 N–H and O–H groups in total. The van der Waals surface area contributed by atoms with E-state index in [1.807, 2.05) is 68.4 Å². The molecule has 174 valence electrons. The van der Waals surface area contributed by atoms with Gasteiger partial charge in [0.05, 0.1) is 25.5 Å². The van der Waals surface area contributed by atoms with Gasteiger partial charge in [0.25, 0.3) is 11.8 Å². The number of aryl methyl sites for hydroxylation is 1. The molecule has 0 radical (unpaired) electrons. The summed E-state index contributed by atoms with van der Waals surface area (Å²) in [5.74, 6) is 0.0135. The van der Waals surface area contributed by atoms with E-state index >= 15 is 0 Å². The summed E-state index contributed by atoms with van der Waals surface area (Å²) in [7, 11) is 6.96. The van der Waals surface area contributed by atoms with Gasteiger partial charge in [0, 0.05) is 31.0 Å². The van der Waals surface area contributed by atoms with Gasteiger partial charge < -0.3 is 19.7 Å². The molecule has 0 saturated carbocycles. The van der Waals surface area contributed by atoms with Crippen molar-refractivity contribution < 1.29 is 19.1 Å². The Morgan fingerprint density at radius 2 is 1.50 bits per heavy atom. The number of carbonyl (C=O) groups excluding carboxylic acids is 2. The van der Waals surface area contributed by atoms with Crippen LogP contribution in [0.25, 0.3) is 5.57 Å². The van der Waals surface area contributed by atoms with Crippen LogP contribution in [0.1, 0.15) is 11.1 Å². The van der Waals surface area contributed by atoms with Gasteiger partial charge in [-0.05, 0) is 55.0 Å². The number of anilines is 3. The smallest absolute Gasteiger partial charge is 0.282 e. The molecule has 0 atom stereocenters. The van der Waals surface area contributed by atoms with Crippen molar-refractivity contribution in [2.45, 2.75) is 6.92 Å². The normalized spacial score (nSPS) is 13.4. The highest BCUT2D eigenvalue weighted by atomic mass is 16.5. The molecule has 0 aromatic heterocycles. The first-order valence-electron chi connectivity index (χ1n) is 10.8. The number of rotatable bonds is 7. The van der Waals surface area contributed by atoms with Crippen LogP contribution in [-0.4, -0.2) is 40.1 Å². The molecule has 0 unspecified atom stereocenters. The average molecular weight is 458 g/mol. The van der Waals surface area contributed by atoms with Gasteiger partial charge in [-0.15, -0.1) is 0 Å². The van der Waals surface area contributed by atoms with E-state index < -0.39 is 11.8 Å². The largest absolute Gasteiger partial charge is 0.496 e. The Morgan fingerprint density at radius 3 is 2.15 bits per heavy atom. The van der Waals surface area contributed by atoms with Crippen LogP contribution in [0.15, 0.2) is 72.4 Å². The Balaban J connectivity index is 1.86. The van der Waals surface area contributed by atoms with Crippen molar-refractivity contribution in [2.75, 3.05) is 43.4 Å². The van der Waals surface area contributed by atoms with Gasteiger partial charge in [-0.2, -0.15) is 0 Å². The van der Waals surface area contributed by atoms with E-state index in [-0.39, 0.29) is 11.3 Å². The molecule has 0 spiro atoms. The van der Waals surface area contributed by atoms with Crippen LogP contribution in [0.4, 0.5) is 17.1 Å². The molecule has 2 amide bonds. The number of nitrogens with one attached hydrogen (secondary N) is 1. The number of para-hydroxylation sites is 1. The molecule has 3 aromatic carbocycles. The average Bonchev–Trinajstić information content (AvgIpc) is 3.08. The molecule has 1 aliphatic rings. The highest BCUT2D eigenvalue weighted by molar-refractivity contribution is 6.46. The summed E-state index contributed by atoms with van der Waals surface area (Å²) in [6.45, 7) is 1.90. The molecule has 7 nitrogen and oxygen atoms in total. The monoisotopic (exact) mass is 457 g/mol. The van der Waals surface area contributed by atoms with E-state index in [0.29, 0.717) is 28.4 Å². The minimum absolute atomic E-state index is 0.177. The van der Waals surface area contributed by atoms with Crippen LogP contribution in [0.2, 0.25) is 0 Å². The summed E-state index contributed by atoms with van der Waals surface area (Å²) in [6, 6.07) is 20.2. The summed E-state index contributed by atoms with van der Waals surface area (Å²) in [5, 5.41) is 3.19. The van der Waals surface area contributed by atoms with Crippen molar-refractivity contribution in [3.05, 3.63) is 83.6 Å². The van der Waals surface area contributed by atoms with Crippen LogP contribution >= 0.6 is 0 Å². The number of nitrogens with zero attached hydrogens (tertiary/aromatic N) is 2. The summed E-state index contributed by atoms with van der Waals surface area (Å²) in [6.07, 6.45) is 0. The number of ether oxygens (including phenoxy) is 2. The van der Waals surface area contributed by atoms with Crippen molar-refractivity contribution in [2.24, 2.45) is 0 Å². The number of hydrogen-bond acceptors (Lipinski definition) is 6. The molecular weight excluding hydrogens is 430 g/mol. The number of amides is 2. The molecule has 0 saturated heterocycles. The van der Waals surface area contributed by atoms with Gasteiger partial charge in [0.1, 0.15) is 17.2 Å². The summed E-state index contributed by atoms with van der Waals surface area (Å²) in [4.78, 5) is 30.7. The van der Waals surface area contributed by atoms with Crippen LogP contribution in [-0.2, 0) is 9.59 Å². The first-order chi connectivity index (χ1) is 16.3. The third-order valence-corrected chi connectivity index (χ3v) is 5.69. The predicted octanol–water partition coefficient (Wildman–Crippen LogP) is 4.47. The van der Waals surface area contributed by atoms with E-state index in [0.717, 1.165) is 16.2 Å². The fraction of sp³-hybridized carbons (Fsp3) is 0.185. The molecule has 7 heteroatoms. The van der Waals surface area contributed by atoms with E-state index in [9.17, 15) is 9.59 Å². The minimum Gasteiger partial charge on any atom is -0.496 e. The SMILES string of the molecule is COc1ccccc1C1=C(Nc2ccc(N(C)C)cc2)C(=O)N(c2cc(C)ccc2OC)C1=O. The Morgan fingerprint density at radius 1 is 0.824 bits per heavy atom. The maximum Gasteiger partial charge on any atom is 0.282 e.